The summed E-state index contributed by atoms with van der Waals surface area (Å²) in [5.74, 6) is 0.0865. The van der Waals surface area contributed by atoms with E-state index in [-0.39, 0.29) is 23.5 Å². The number of benzene rings is 3. The minimum Gasteiger partial charge on any atom is -0.484 e. The molecule has 0 spiro atoms. The van der Waals surface area contributed by atoms with Crippen LogP contribution < -0.4 is 14.8 Å². The number of ether oxygens (including phenoxy) is 1. The first-order valence-electron chi connectivity index (χ1n) is 9.19. The van der Waals surface area contributed by atoms with Gasteiger partial charge in [0, 0.05) is 16.2 Å². The van der Waals surface area contributed by atoms with E-state index < -0.39 is 10.0 Å². The van der Waals surface area contributed by atoms with Crippen LogP contribution in [0, 0.1) is 0 Å². The smallest absolute Gasteiger partial charge is 0.262 e. The summed E-state index contributed by atoms with van der Waals surface area (Å²) >= 11 is 3.33. The maximum atomic E-state index is 12.6. The molecule has 1 amide bonds. The maximum Gasteiger partial charge on any atom is 0.262 e. The molecule has 156 valence electrons. The number of carbonyl (C=O) groups excluding carboxylic acids is 1. The molecule has 0 unspecified atom stereocenters. The van der Waals surface area contributed by atoms with Crippen LogP contribution >= 0.6 is 15.9 Å². The zero-order valence-corrected chi connectivity index (χ0v) is 18.6. The van der Waals surface area contributed by atoms with E-state index in [4.69, 9.17) is 4.74 Å². The van der Waals surface area contributed by atoms with Crippen molar-refractivity contribution in [2.45, 2.75) is 17.9 Å². The van der Waals surface area contributed by atoms with Crippen molar-refractivity contribution in [3.05, 3.63) is 88.9 Å². The van der Waals surface area contributed by atoms with Gasteiger partial charge in [0.05, 0.1) is 4.90 Å². The van der Waals surface area contributed by atoms with E-state index in [9.17, 15) is 13.2 Å². The number of hydrogen-bond donors (Lipinski definition) is 2. The van der Waals surface area contributed by atoms with Gasteiger partial charge in [-0.1, -0.05) is 46.3 Å². The third kappa shape index (κ3) is 6.16. The summed E-state index contributed by atoms with van der Waals surface area (Å²) in [6.45, 7) is 1.60. The Morgan fingerprint density at radius 3 is 2.23 bits per heavy atom. The van der Waals surface area contributed by atoms with Crippen LogP contribution in [0.1, 0.15) is 18.5 Å². The number of rotatable bonds is 8. The van der Waals surface area contributed by atoms with Crippen molar-refractivity contribution in [1.29, 1.82) is 0 Å². The summed E-state index contributed by atoms with van der Waals surface area (Å²) in [6, 6.07) is 22.1. The third-order valence-corrected chi connectivity index (χ3v) is 6.35. The molecular weight excluding hydrogens is 468 g/mol. The molecule has 0 radical (unpaired) electrons. The molecule has 0 bridgehead atoms. The normalized spacial score (nSPS) is 12.2. The van der Waals surface area contributed by atoms with E-state index in [1.54, 1.807) is 19.1 Å². The van der Waals surface area contributed by atoms with Gasteiger partial charge >= 0.3 is 0 Å². The van der Waals surface area contributed by atoms with E-state index in [0.29, 0.717) is 11.4 Å². The molecule has 3 aromatic rings. The Bertz CT molecular complexity index is 1090. The van der Waals surface area contributed by atoms with Gasteiger partial charge in [0.25, 0.3) is 5.91 Å². The molecule has 30 heavy (non-hydrogen) atoms. The van der Waals surface area contributed by atoms with Gasteiger partial charge in [-0.3, -0.25) is 4.79 Å². The number of amides is 1. The predicted molar refractivity (Wildman–Crippen MR) is 120 cm³/mol. The van der Waals surface area contributed by atoms with E-state index >= 15 is 0 Å². The highest BCUT2D eigenvalue weighted by molar-refractivity contribution is 9.10. The number of sulfonamides is 1. The summed E-state index contributed by atoms with van der Waals surface area (Å²) < 4.78 is 34.2. The fourth-order valence-electron chi connectivity index (χ4n) is 2.70. The van der Waals surface area contributed by atoms with Crippen molar-refractivity contribution in [2.75, 3.05) is 11.9 Å². The fourth-order valence-corrected chi connectivity index (χ4v) is 4.20. The summed E-state index contributed by atoms with van der Waals surface area (Å²) in [5, 5.41) is 2.72. The Kier molecular flexibility index (Phi) is 7.25. The fraction of sp³-hybridized carbons (Fsp3) is 0.136. The average molecular weight is 489 g/mol. The second-order valence-corrected chi connectivity index (χ2v) is 9.20. The van der Waals surface area contributed by atoms with Crippen LogP contribution in [0.5, 0.6) is 5.75 Å². The van der Waals surface area contributed by atoms with Crippen molar-refractivity contribution >= 4 is 37.5 Å². The number of hydrogen-bond acceptors (Lipinski definition) is 4. The van der Waals surface area contributed by atoms with Gasteiger partial charge in [-0.05, 0) is 61.0 Å². The van der Waals surface area contributed by atoms with E-state index in [1.165, 1.54) is 24.3 Å². The van der Waals surface area contributed by atoms with Gasteiger partial charge < -0.3 is 10.1 Å². The minimum atomic E-state index is -3.69. The molecule has 0 aliphatic rings. The number of halogens is 1. The lowest BCUT2D eigenvalue weighted by Crippen LogP contribution is -2.26. The van der Waals surface area contributed by atoms with E-state index in [1.807, 2.05) is 42.5 Å². The van der Waals surface area contributed by atoms with Gasteiger partial charge in [0.15, 0.2) is 6.61 Å². The Balaban J connectivity index is 1.56. The molecule has 3 aromatic carbocycles. The quantitative estimate of drug-likeness (QED) is 0.488. The molecule has 1 atom stereocenters. The summed E-state index contributed by atoms with van der Waals surface area (Å²) in [4.78, 5) is 12.1. The first-order valence-corrected chi connectivity index (χ1v) is 11.5. The SMILES string of the molecule is C[C@@H](NS(=O)(=O)c1ccc(OCC(=O)Nc2ccc(Br)cc2)cc1)c1ccccc1. The van der Waals surface area contributed by atoms with Crippen LogP contribution in [0.2, 0.25) is 0 Å². The Morgan fingerprint density at radius 1 is 0.967 bits per heavy atom. The van der Waals surface area contributed by atoms with Crippen LogP contribution in [-0.2, 0) is 14.8 Å². The standard InChI is InChI=1S/C22H21BrN2O4S/c1-16(17-5-3-2-4-6-17)25-30(27,28)21-13-11-20(12-14-21)29-15-22(26)24-19-9-7-18(23)8-10-19/h2-14,16,25H,15H2,1H3,(H,24,26)/t16-/m1/s1. The molecule has 3 rings (SSSR count). The highest BCUT2D eigenvalue weighted by Gasteiger charge is 2.18. The van der Waals surface area contributed by atoms with Crippen LogP contribution in [0.3, 0.4) is 0 Å². The van der Waals surface area contributed by atoms with Crippen molar-refractivity contribution in [3.8, 4) is 5.75 Å². The van der Waals surface area contributed by atoms with Gasteiger partial charge in [0.1, 0.15) is 5.75 Å². The van der Waals surface area contributed by atoms with Crippen LogP contribution in [0.4, 0.5) is 5.69 Å². The van der Waals surface area contributed by atoms with Gasteiger partial charge in [0.2, 0.25) is 10.0 Å². The average Bonchev–Trinajstić information content (AvgIpc) is 2.74. The van der Waals surface area contributed by atoms with Crippen LogP contribution in [0.25, 0.3) is 0 Å². The number of carbonyl (C=O) groups is 1. The summed E-state index contributed by atoms with van der Waals surface area (Å²) in [7, 11) is -3.69. The second kappa shape index (κ2) is 9.88. The molecule has 0 saturated carbocycles. The van der Waals surface area contributed by atoms with Crippen molar-refractivity contribution in [2.24, 2.45) is 0 Å². The Morgan fingerprint density at radius 2 is 1.60 bits per heavy atom. The maximum absolute atomic E-state index is 12.6. The highest BCUT2D eigenvalue weighted by Crippen LogP contribution is 2.20. The van der Waals surface area contributed by atoms with E-state index in [0.717, 1.165) is 10.0 Å². The number of anilines is 1. The molecular formula is C22H21BrN2O4S. The van der Waals surface area contributed by atoms with E-state index in [2.05, 4.69) is 26.0 Å². The molecule has 0 aromatic heterocycles. The van der Waals surface area contributed by atoms with Crippen molar-refractivity contribution in [3.63, 3.8) is 0 Å². The lowest BCUT2D eigenvalue weighted by molar-refractivity contribution is -0.118. The molecule has 8 heteroatoms. The molecule has 0 heterocycles. The topological polar surface area (TPSA) is 84.5 Å². The zero-order chi connectivity index (χ0) is 21.6. The van der Waals surface area contributed by atoms with Gasteiger partial charge in [-0.15, -0.1) is 0 Å². The first-order chi connectivity index (χ1) is 14.3. The molecule has 0 fully saturated rings. The van der Waals surface area contributed by atoms with Crippen LogP contribution in [-0.4, -0.2) is 20.9 Å². The third-order valence-electron chi connectivity index (χ3n) is 4.26. The zero-order valence-electron chi connectivity index (χ0n) is 16.2. The Hall–Kier alpha value is -2.68. The highest BCUT2D eigenvalue weighted by atomic mass is 79.9. The first kappa shape index (κ1) is 22.0. The van der Waals surface area contributed by atoms with Crippen LogP contribution in [0.15, 0.2) is 88.2 Å². The minimum absolute atomic E-state index is 0.122. The number of nitrogens with one attached hydrogen (secondary N) is 2. The lowest BCUT2D eigenvalue weighted by Gasteiger charge is -2.15. The van der Waals surface area contributed by atoms with Gasteiger partial charge in [-0.25, -0.2) is 13.1 Å². The predicted octanol–water partition coefficient (Wildman–Crippen LogP) is 4.51. The lowest BCUT2D eigenvalue weighted by atomic mass is 10.1. The molecule has 6 nitrogen and oxygen atoms in total. The molecule has 0 aliphatic heterocycles. The van der Waals surface area contributed by atoms with Gasteiger partial charge in [-0.2, -0.15) is 0 Å². The van der Waals surface area contributed by atoms with Crippen molar-refractivity contribution < 1.29 is 17.9 Å². The van der Waals surface area contributed by atoms with Crippen molar-refractivity contribution in [1.82, 2.24) is 4.72 Å². The summed E-state index contributed by atoms with van der Waals surface area (Å²) in [5.41, 5.74) is 1.53. The molecule has 0 saturated heterocycles. The molecule has 0 aliphatic carbocycles. The Labute approximate surface area is 184 Å². The monoisotopic (exact) mass is 488 g/mol. The summed E-state index contributed by atoms with van der Waals surface area (Å²) in [6.07, 6.45) is 0. The largest absolute Gasteiger partial charge is 0.484 e. The second-order valence-electron chi connectivity index (χ2n) is 6.57. The molecule has 2 N–H and O–H groups in total.